The molecule has 0 saturated carbocycles. The molecule has 0 atom stereocenters. The van der Waals surface area contributed by atoms with Gasteiger partial charge in [-0.1, -0.05) is 18.2 Å². The molecule has 7 nitrogen and oxygen atoms in total. The summed E-state index contributed by atoms with van der Waals surface area (Å²) in [5.74, 6) is -0.986. The van der Waals surface area contributed by atoms with Gasteiger partial charge >= 0.3 is 0 Å². The van der Waals surface area contributed by atoms with E-state index in [-0.39, 0.29) is 11.1 Å². The number of pyridine rings is 1. The third-order valence-electron chi connectivity index (χ3n) is 4.35. The van der Waals surface area contributed by atoms with Crippen molar-refractivity contribution >= 4 is 11.8 Å². The summed E-state index contributed by atoms with van der Waals surface area (Å²) in [5.41, 5.74) is 7.70. The van der Waals surface area contributed by atoms with Gasteiger partial charge < -0.3 is 9.13 Å². The molecule has 3 aromatic rings. The third-order valence-corrected chi connectivity index (χ3v) is 4.35. The molecule has 0 spiro atoms. The van der Waals surface area contributed by atoms with Crippen LogP contribution in [0, 0.1) is 13.8 Å². The van der Waals surface area contributed by atoms with Gasteiger partial charge in [0.1, 0.15) is 0 Å². The van der Waals surface area contributed by atoms with Crippen LogP contribution < -0.4 is 16.4 Å². The van der Waals surface area contributed by atoms with E-state index >= 15 is 0 Å². The van der Waals surface area contributed by atoms with E-state index in [1.165, 1.54) is 22.9 Å². The van der Waals surface area contributed by atoms with E-state index < -0.39 is 11.8 Å². The van der Waals surface area contributed by atoms with Gasteiger partial charge in [0.25, 0.3) is 17.4 Å². The zero-order valence-corrected chi connectivity index (χ0v) is 15.3. The van der Waals surface area contributed by atoms with E-state index in [4.69, 9.17) is 0 Å². The number of carbonyl (C=O) groups is 2. The van der Waals surface area contributed by atoms with Crippen molar-refractivity contribution in [2.45, 2.75) is 13.8 Å². The lowest BCUT2D eigenvalue weighted by molar-refractivity contribution is 0.0846. The number of rotatable bonds is 3. The number of amides is 2. The van der Waals surface area contributed by atoms with Gasteiger partial charge in [0.05, 0.1) is 5.56 Å². The maximum absolute atomic E-state index is 12.5. The molecule has 0 aliphatic heterocycles. The number of carbonyl (C=O) groups excluding carboxylic acids is 2. The van der Waals surface area contributed by atoms with Crippen LogP contribution in [0.2, 0.25) is 0 Å². The highest BCUT2D eigenvalue weighted by molar-refractivity contribution is 5.99. The highest BCUT2D eigenvalue weighted by Crippen LogP contribution is 2.20. The first-order valence-corrected chi connectivity index (χ1v) is 8.40. The maximum atomic E-state index is 12.5. The third kappa shape index (κ3) is 3.67. The monoisotopic (exact) mass is 364 g/mol. The van der Waals surface area contributed by atoms with Gasteiger partial charge in [-0.2, -0.15) is 0 Å². The number of aromatic nitrogens is 2. The number of hydrogen-bond acceptors (Lipinski definition) is 3. The lowest BCUT2D eigenvalue weighted by Gasteiger charge is -2.10. The molecule has 0 bridgehead atoms. The summed E-state index contributed by atoms with van der Waals surface area (Å²) in [6, 6.07) is 14.2. The summed E-state index contributed by atoms with van der Waals surface area (Å²) in [6.45, 7) is 3.76. The second kappa shape index (κ2) is 7.33. The molecule has 0 aliphatic rings. The lowest BCUT2D eigenvalue weighted by Crippen LogP contribution is -2.42. The van der Waals surface area contributed by atoms with E-state index in [0.717, 1.165) is 17.1 Å². The molecule has 2 amide bonds. The zero-order chi connectivity index (χ0) is 19.6. The predicted molar refractivity (Wildman–Crippen MR) is 102 cm³/mol. The smallest absolute Gasteiger partial charge is 0.271 e. The van der Waals surface area contributed by atoms with Crippen molar-refractivity contribution in [2.75, 3.05) is 0 Å². The Kier molecular flexibility index (Phi) is 4.94. The quantitative estimate of drug-likeness (QED) is 0.696. The topological polar surface area (TPSA) is 85.1 Å². The Labute approximate surface area is 156 Å². The van der Waals surface area contributed by atoms with Crippen LogP contribution in [0.4, 0.5) is 0 Å². The van der Waals surface area contributed by atoms with Gasteiger partial charge in [0.2, 0.25) is 0 Å². The Morgan fingerprint density at radius 2 is 1.59 bits per heavy atom. The minimum atomic E-state index is -0.557. The summed E-state index contributed by atoms with van der Waals surface area (Å²) < 4.78 is 3.32. The van der Waals surface area contributed by atoms with Gasteiger partial charge in [-0.15, -0.1) is 0 Å². The van der Waals surface area contributed by atoms with Crippen LogP contribution in [0.3, 0.4) is 0 Å². The van der Waals surface area contributed by atoms with Crippen molar-refractivity contribution < 1.29 is 9.59 Å². The number of nitrogens with zero attached hydrogens (tertiary/aromatic N) is 2. The minimum Gasteiger partial charge on any atom is -0.319 e. The number of para-hydroxylation sites is 1. The maximum Gasteiger partial charge on any atom is 0.271 e. The Morgan fingerprint density at radius 3 is 2.26 bits per heavy atom. The average Bonchev–Trinajstić information content (AvgIpc) is 2.96. The van der Waals surface area contributed by atoms with Crippen LogP contribution in [0.5, 0.6) is 0 Å². The number of nitrogens with one attached hydrogen (secondary N) is 2. The first kappa shape index (κ1) is 18.2. The number of benzene rings is 1. The first-order valence-electron chi connectivity index (χ1n) is 8.40. The molecule has 2 heterocycles. The molecule has 2 aromatic heterocycles. The van der Waals surface area contributed by atoms with Gasteiger partial charge in [-0.05, 0) is 38.1 Å². The van der Waals surface area contributed by atoms with E-state index in [1.54, 1.807) is 13.1 Å². The standard InChI is InChI=1S/C20H20N4O3/c1-13-11-17(14(2)24(13)16-7-5-4-6-8-16)20(27)22-21-19(26)15-9-10-23(3)18(25)12-15/h4-12H,1-3H3,(H,21,26)(H,22,27). The van der Waals surface area contributed by atoms with Crippen molar-refractivity contribution in [3.63, 3.8) is 0 Å². The molecule has 0 fully saturated rings. The Morgan fingerprint density at radius 1 is 0.926 bits per heavy atom. The lowest BCUT2D eigenvalue weighted by atomic mass is 10.2. The summed E-state index contributed by atoms with van der Waals surface area (Å²) in [6.07, 6.45) is 1.49. The minimum absolute atomic E-state index is 0.174. The van der Waals surface area contributed by atoms with Gasteiger partial charge in [0.15, 0.2) is 0 Å². The highest BCUT2D eigenvalue weighted by Gasteiger charge is 2.17. The SMILES string of the molecule is Cc1cc(C(=O)NNC(=O)c2ccn(C)c(=O)c2)c(C)n1-c1ccccc1. The Bertz CT molecular complexity index is 1060. The van der Waals surface area contributed by atoms with E-state index in [0.29, 0.717) is 5.56 Å². The largest absolute Gasteiger partial charge is 0.319 e. The molecule has 2 N–H and O–H groups in total. The van der Waals surface area contributed by atoms with Crippen LogP contribution in [0.1, 0.15) is 32.1 Å². The molecular weight excluding hydrogens is 344 g/mol. The van der Waals surface area contributed by atoms with Gasteiger partial charge in [-0.3, -0.25) is 25.2 Å². The Hall–Kier alpha value is -3.61. The van der Waals surface area contributed by atoms with Crippen LogP contribution in [0.15, 0.2) is 59.5 Å². The molecular formula is C20H20N4O3. The zero-order valence-electron chi connectivity index (χ0n) is 15.3. The summed E-state index contributed by atoms with van der Waals surface area (Å²) in [5, 5.41) is 0. The van der Waals surface area contributed by atoms with Crippen LogP contribution in [0.25, 0.3) is 5.69 Å². The molecule has 138 valence electrons. The molecule has 1 aromatic carbocycles. The highest BCUT2D eigenvalue weighted by atomic mass is 16.2. The van der Waals surface area contributed by atoms with Gasteiger partial charge in [0, 0.05) is 41.9 Å². The first-order chi connectivity index (χ1) is 12.9. The number of hydrogen-bond donors (Lipinski definition) is 2. The molecule has 0 saturated heterocycles. The summed E-state index contributed by atoms with van der Waals surface area (Å²) >= 11 is 0. The van der Waals surface area contributed by atoms with Crippen molar-refractivity contribution in [1.29, 1.82) is 0 Å². The second-order valence-corrected chi connectivity index (χ2v) is 6.23. The fraction of sp³-hybridized carbons (Fsp3) is 0.150. The van der Waals surface area contributed by atoms with Crippen molar-refractivity contribution in [1.82, 2.24) is 20.0 Å². The fourth-order valence-corrected chi connectivity index (χ4v) is 2.91. The van der Waals surface area contributed by atoms with Crippen LogP contribution >= 0.6 is 0 Å². The normalized spacial score (nSPS) is 10.5. The fourth-order valence-electron chi connectivity index (χ4n) is 2.91. The van der Waals surface area contributed by atoms with E-state index in [1.807, 2.05) is 48.7 Å². The van der Waals surface area contributed by atoms with Crippen LogP contribution in [-0.2, 0) is 7.05 Å². The van der Waals surface area contributed by atoms with Crippen molar-refractivity contribution in [3.8, 4) is 5.69 Å². The summed E-state index contributed by atoms with van der Waals surface area (Å²) in [7, 11) is 1.59. The Balaban J connectivity index is 1.76. The average molecular weight is 364 g/mol. The number of hydrazine groups is 1. The predicted octanol–water partition coefficient (Wildman–Crippen LogP) is 1.87. The van der Waals surface area contributed by atoms with Crippen LogP contribution in [-0.4, -0.2) is 20.9 Å². The van der Waals surface area contributed by atoms with E-state index in [9.17, 15) is 14.4 Å². The molecule has 0 unspecified atom stereocenters. The van der Waals surface area contributed by atoms with Crippen molar-refractivity contribution in [2.24, 2.45) is 7.05 Å². The number of aryl methyl sites for hydroxylation is 2. The summed E-state index contributed by atoms with van der Waals surface area (Å²) in [4.78, 5) is 36.3. The molecule has 27 heavy (non-hydrogen) atoms. The molecule has 7 heteroatoms. The second-order valence-electron chi connectivity index (χ2n) is 6.23. The molecule has 0 aliphatic carbocycles. The van der Waals surface area contributed by atoms with E-state index in [2.05, 4.69) is 10.9 Å². The molecule has 3 rings (SSSR count). The van der Waals surface area contributed by atoms with Gasteiger partial charge in [-0.25, -0.2) is 0 Å². The molecule has 0 radical (unpaired) electrons. The van der Waals surface area contributed by atoms with Crippen molar-refractivity contribution in [3.05, 3.63) is 87.6 Å².